The van der Waals surface area contributed by atoms with Crippen LogP contribution >= 0.6 is 0 Å². The minimum absolute atomic E-state index is 0.100. The van der Waals surface area contributed by atoms with Crippen LogP contribution in [-0.4, -0.2) is 24.0 Å². The number of hydrogen-bond donors (Lipinski definition) is 1. The number of Topliss-reactive ketones (excluding diaryl/α,β-unsaturated/α-hetero) is 1. The van der Waals surface area contributed by atoms with Crippen LogP contribution in [-0.2, 0) is 10.2 Å². The van der Waals surface area contributed by atoms with E-state index >= 15 is 0 Å². The Kier molecular flexibility index (Phi) is 4.96. The third-order valence-corrected chi connectivity index (χ3v) is 7.13. The van der Waals surface area contributed by atoms with Gasteiger partial charge in [0.2, 0.25) is 5.95 Å². The van der Waals surface area contributed by atoms with E-state index in [1.165, 1.54) is 12.3 Å². The lowest BCUT2D eigenvalue weighted by molar-refractivity contribution is -0.119. The van der Waals surface area contributed by atoms with Crippen LogP contribution in [0.15, 0.2) is 75.9 Å². The van der Waals surface area contributed by atoms with Crippen molar-refractivity contribution in [3.8, 4) is 0 Å². The summed E-state index contributed by atoms with van der Waals surface area (Å²) in [6, 6.07) is 11.3. The van der Waals surface area contributed by atoms with Gasteiger partial charge in [0.15, 0.2) is 11.9 Å². The first kappa shape index (κ1) is 21.5. The molecule has 2 aliphatic heterocycles. The normalized spacial score (nSPS) is 25.3. The van der Waals surface area contributed by atoms with E-state index in [-0.39, 0.29) is 17.4 Å². The lowest BCUT2D eigenvalue weighted by Gasteiger charge is -2.48. The van der Waals surface area contributed by atoms with E-state index in [0.717, 1.165) is 46.6 Å². The lowest BCUT2D eigenvalue weighted by atomic mass is 9.59. The number of anilines is 2. The van der Waals surface area contributed by atoms with Crippen LogP contribution in [0.1, 0.15) is 45.6 Å². The molecule has 3 aliphatic rings. The third kappa shape index (κ3) is 3.37. The summed E-state index contributed by atoms with van der Waals surface area (Å²) in [5.74, 6) is -0.325. The van der Waals surface area contributed by atoms with Crippen LogP contribution in [0.4, 0.5) is 15.8 Å². The van der Waals surface area contributed by atoms with Crippen molar-refractivity contribution in [1.29, 1.82) is 0 Å². The van der Waals surface area contributed by atoms with Crippen molar-refractivity contribution in [2.45, 2.75) is 51.6 Å². The fourth-order valence-corrected chi connectivity index (χ4v) is 5.59. The summed E-state index contributed by atoms with van der Waals surface area (Å²) < 4.78 is 13.3. The predicted octanol–water partition coefficient (Wildman–Crippen LogP) is 5.56. The highest BCUT2D eigenvalue weighted by molar-refractivity contribution is 6.01. The monoisotopic (exact) mass is 445 g/mol. The van der Waals surface area contributed by atoms with Crippen LogP contribution in [0.3, 0.4) is 0 Å². The summed E-state index contributed by atoms with van der Waals surface area (Å²) in [4.78, 5) is 19.4. The summed E-state index contributed by atoms with van der Waals surface area (Å²) in [5.41, 5.74) is 4.90. The van der Waals surface area contributed by atoms with Gasteiger partial charge in [0.05, 0.1) is 23.5 Å². The second-order valence-electron chi connectivity index (χ2n) is 9.86. The zero-order valence-corrected chi connectivity index (χ0v) is 19.4. The number of pyridine rings is 1. The van der Waals surface area contributed by atoms with Crippen molar-refractivity contribution in [3.05, 3.63) is 77.1 Å². The molecule has 0 amide bonds. The van der Waals surface area contributed by atoms with E-state index in [2.05, 4.69) is 53.4 Å². The van der Waals surface area contributed by atoms with Crippen molar-refractivity contribution in [3.63, 3.8) is 0 Å². The summed E-state index contributed by atoms with van der Waals surface area (Å²) in [7, 11) is 1.93. The Hall–Kier alpha value is -3.35. The molecule has 170 valence electrons. The topological polar surface area (TPSA) is 70.0 Å². The summed E-state index contributed by atoms with van der Waals surface area (Å²) in [5, 5.41) is 12.2. The van der Waals surface area contributed by atoms with Gasteiger partial charge < -0.3 is 10.2 Å². The molecule has 1 aromatic carbocycles. The Labute approximate surface area is 193 Å². The number of benzene rings is 1. The molecule has 7 heteroatoms. The average Bonchev–Trinajstić information content (AvgIpc) is 3.25. The number of nitrogens with one attached hydrogen (secondary N) is 1. The van der Waals surface area contributed by atoms with Gasteiger partial charge in [-0.25, -0.2) is 4.98 Å². The maximum atomic E-state index is 13.6. The van der Waals surface area contributed by atoms with Gasteiger partial charge in [-0.3, -0.25) is 4.79 Å². The highest BCUT2D eigenvalue weighted by Crippen LogP contribution is 2.54. The molecule has 0 fully saturated rings. The van der Waals surface area contributed by atoms with Crippen molar-refractivity contribution in [2.24, 2.45) is 15.6 Å². The summed E-state index contributed by atoms with van der Waals surface area (Å²) >= 11 is 0. The third-order valence-electron chi connectivity index (χ3n) is 7.13. The highest BCUT2D eigenvalue weighted by Gasteiger charge is 2.53. The molecule has 1 aliphatic carbocycles. The van der Waals surface area contributed by atoms with Crippen LogP contribution in [0, 0.1) is 11.4 Å². The number of halogens is 1. The van der Waals surface area contributed by atoms with Gasteiger partial charge in [-0.2, -0.15) is 14.6 Å². The molecule has 0 radical (unpaired) electrons. The zero-order valence-electron chi connectivity index (χ0n) is 19.4. The second kappa shape index (κ2) is 7.61. The SMILES string of the molecule is CC[C@]1(c2cccc(N(C)c3ccc(F)nc3)c2)C2=CN=NC2NC2=C1C(=O)CC(C)(C)C2. The quantitative estimate of drug-likeness (QED) is 0.626. The molecule has 0 bridgehead atoms. The second-order valence-corrected chi connectivity index (χ2v) is 9.86. The molecule has 1 unspecified atom stereocenters. The van der Waals surface area contributed by atoms with Crippen molar-refractivity contribution >= 4 is 17.2 Å². The Morgan fingerprint density at radius 3 is 2.73 bits per heavy atom. The number of allylic oxidation sites excluding steroid dienone is 2. The maximum Gasteiger partial charge on any atom is 0.212 e. The fraction of sp³-hybridized carbons (Fsp3) is 0.385. The number of azo groups is 1. The number of nitrogens with zero attached hydrogens (tertiary/aromatic N) is 4. The minimum atomic E-state index is -0.597. The van der Waals surface area contributed by atoms with Gasteiger partial charge >= 0.3 is 0 Å². The number of fused-ring (bicyclic) bond motifs is 1. The summed E-state index contributed by atoms with van der Waals surface area (Å²) in [6.45, 7) is 6.40. The molecule has 0 spiro atoms. The van der Waals surface area contributed by atoms with E-state index in [9.17, 15) is 9.18 Å². The number of hydrogen-bond acceptors (Lipinski definition) is 6. The van der Waals surface area contributed by atoms with E-state index in [4.69, 9.17) is 0 Å². The van der Waals surface area contributed by atoms with Gasteiger partial charge in [-0.05, 0) is 48.1 Å². The van der Waals surface area contributed by atoms with E-state index < -0.39 is 11.4 Å². The molecule has 1 N–H and O–H groups in total. The molecule has 0 saturated carbocycles. The molecule has 1 aromatic heterocycles. The van der Waals surface area contributed by atoms with E-state index in [0.29, 0.717) is 6.42 Å². The average molecular weight is 446 g/mol. The van der Waals surface area contributed by atoms with E-state index in [1.807, 2.05) is 30.3 Å². The standard InChI is InChI=1S/C26H28FN5O/c1-5-26(16-7-6-8-17(11-16)32(4)18-9-10-22(27)28-14-18)19-15-29-31-24(19)30-20-12-25(2,3)13-21(33)23(20)26/h6-11,14-15,24,30H,5,12-13H2,1-4H3/t24?,26-/m0/s1. The van der Waals surface area contributed by atoms with Gasteiger partial charge in [-0.1, -0.05) is 32.9 Å². The zero-order chi connectivity index (χ0) is 23.4. The summed E-state index contributed by atoms with van der Waals surface area (Å²) in [6.07, 6.45) is 5.12. The van der Waals surface area contributed by atoms with Crippen molar-refractivity contribution in [1.82, 2.24) is 10.3 Å². The molecule has 3 heterocycles. The number of rotatable bonds is 4. The molecule has 6 nitrogen and oxygen atoms in total. The Balaban J connectivity index is 1.66. The highest BCUT2D eigenvalue weighted by atomic mass is 19.1. The molecule has 5 rings (SSSR count). The molecule has 2 atom stereocenters. The van der Waals surface area contributed by atoms with Gasteiger partial charge in [0, 0.05) is 36.0 Å². The fourth-order valence-electron chi connectivity index (χ4n) is 5.59. The first-order valence-corrected chi connectivity index (χ1v) is 11.3. The maximum absolute atomic E-state index is 13.6. The lowest BCUT2D eigenvalue weighted by Crippen LogP contribution is -2.51. The number of ketones is 1. The van der Waals surface area contributed by atoms with Crippen molar-refractivity contribution < 1.29 is 9.18 Å². The molecule has 33 heavy (non-hydrogen) atoms. The number of carbonyl (C=O) groups is 1. The minimum Gasteiger partial charge on any atom is -0.362 e. The molecule has 0 saturated heterocycles. The Morgan fingerprint density at radius 2 is 2.00 bits per heavy atom. The molecule has 2 aromatic rings. The smallest absolute Gasteiger partial charge is 0.212 e. The van der Waals surface area contributed by atoms with Crippen molar-refractivity contribution in [2.75, 3.05) is 11.9 Å². The van der Waals surface area contributed by atoms with Gasteiger partial charge in [-0.15, -0.1) is 0 Å². The van der Waals surface area contributed by atoms with Crippen LogP contribution in [0.5, 0.6) is 0 Å². The predicted molar refractivity (Wildman–Crippen MR) is 126 cm³/mol. The number of aromatic nitrogens is 1. The first-order chi connectivity index (χ1) is 15.7. The van der Waals surface area contributed by atoms with Gasteiger partial charge in [0.1, 0.15) is 0 Å². The van der Waals surface area contributed by atoms with E-state index in [1.54, 1.807) is 6.07 Å². The van der Waals surface area contributed by atoms with Crippen LogP contribution in [0.2, 0.25) is 0 Å². The van der Waals surface area contributed by atoms with Crippen LogP contribution in [0.25, 0.3) is 0 Å². The molecular weight excluding hydrogens is 417 g/mol. The molecular formula is C26H28FN5O. The largest absolute Gasteiger partial charge is 0.362 e. The van der Waals surface area contributed by atoms with Crippen LogP contribution < -0.4 is 10.2 Å². The Bertz CT molecular complexity index is 1210. The Morgan fingerprint density at radius 1 is 1.18 bits per heavy atom. The number of carbonyl (C=O) groups excluding carboxylic acids is 1. The first-order valence-electron chi connectivity index (χ1n) is 11.3. The van der Waals surface area contributed by atoms with Gasteiger partial charge in [0.25, 0.3) is 0 Å².